The summed E-state index contributed by atoms with van der Waals surface area (Å²) < 4.78 is 1.08. The lowest BCUT2D eigenvalue weighted by Gasteiger charge is -2.11. The van der Waals surface area contributed by atoms with Gasteiger partial charge in [0.05, 0.1) is 10.2 Å². The maximum Gasteiger partial charge on any atom is 0.166 e. The van der Waals surface area contributed by atoms with Gasteiger partial charge in [0.15, 0.2) is 17.5 Å². The van der Waals surface area contributed by atoms with Crippen molar-refractivity contribution in [2.45, 2.75) is 0 Å². The monoisotopic (exact) mass is 668 g/mol. The van der Waals surface area contributed by atoms with Crippen LogP contribution < -0.4 is 0 Å². The van der Waals surface area contributed by atoms with Crippen molar-refractivity contribution >= 4 is 53.9 Å². The second-order valence-electron chi connectivity index (χ2n) is 12.6. The second-order valence-corrected chi connectivity index (χ2v) is 13.7. The van der Waals surface area contributed by atoms with E-state index in [9.17, 15) is 0 Å². The van der Waals surface area contributed by atoms with Crippen molar-refractivity contribution in [1.82, 2.24) is 19.9 Å². The van der Waals surface area contributed by atoms with E-state index < -0.39 is 0 Å². The summed E-state index contributed by atoms with van der Waals surface area (Å²) in [6, 6.07) is 59.3. The van der Waals surface area contributed by atoms with Crippen LogP contribution in [0.3, 0.4) is 0 Å². The van der Waals surface area contributed by atoms with Crippen LogP contribution in [0, 0.1) is 0 Å². The van der Waals surface area contributed by atoms with E-state index in [1.807, 2.05) is 36.4 Å². The minimum absolute atomic E-state index is 0.601. The fraction of sp³-hybridized carbons (Fsp3) is 0. The third-order valence-electron chi connectivity index (χ3n) is 9.57. The van der Waals surface area contributed by atoms with Crippen LogP contribution >= 0.6 is 11.3 Å². The minimum Gasteiger partial charge on any atom is -0.235 e. The van der Waals surface area contributed by atoms with Crippen LogP contribution in [-0.2, 0) is 0 Å². The SMILES string of the molecule is c1ccc(-c2ccc(-c3nc(-c4ccccc4)nc(-c4cccc5sc(-c6ccc7c8ccccc8c8ccccc8c7c6)nc45)n3)cc2)cc1. The zero-order chi connectivity index (χ0) is 33.7. The standard InChI is InChI=1S/C46H28N4S/c1-3-12-29(13-4-1)30-22-24-32(25-23-30)44-48-43(31-14-5-2-6-15-31)49-45(50-44)39-20-11-21-41-42(39)47-46(51-41)33-26-27-38-36-18-8-7-16-34(36)35-17-9-10-19-37(35)40(38)28-33/h1-28H. The molecular weight excluding hydrogens is 641 g/mol. The summed E-state index contributed by atoms with van der Waals surface area (Å²) in [5.74, 6) is 1.85. The lowest BCUT2D eigenvalue weighted by molar-refractivity contribution is 1.08. The Hall–Kier alpha value is -6.56. The lowest BCUT2D eigenvalue weighted by Crippen LogP contribution is -2.00. The summed E-state index contributed by atoms with van der Waals surface area (Å²) in [4.78, 5) is 20.4. The summed E-state index contributed by atoms with van der Waals surface area (Å²) >= 11 is 1.70. The third-order valence-corrected chi connectivity index (χ3v) is 10.6. The van der Waals surface area contributed by atoms with Gasteiger partial charge in [-0.1, -0.05) is 152 Å². The molecule has 2 aromatic heterocycles. The highest BCUT2D eigenvalue weighted by molar-refractivity contribution is 7.21. The fourth-order valence-corrected chi connectivity index (χ4v) is 8.07. The first kappa shape index (κ1) is 29.4. The molecule has 0 saturated carbocycles. The molecule has 0 amide bonds. The van der Waals surface area contributed by atoms with E-state index in [-0.39, 0.29) is 0 Å². The third kappa shape index (κ3) is 5.14. The summed E-state index contributed by atoms with van der Waals surface area (Å²) in [5, 5.41) is 8.49. The molecule has 2 heterocycles. The molecule has 0 aliphatic rings. The molecule has 0 radical (unpaired) electrons. The van der Waals surface area contributed by atoms with Gasteiger partial charge in [0.25, 0.3) is 0 Å². The Balaban J connectivity index is 1.11. The zero-order valence-corrected chi connectivity index (χ0v) is 28.2. The van der Waals surface area contributed by atoms with Crippen molar-refractivity contribution in [2.24, 2.45) is 0 Å². The Kier molecular flexibility index (Phi) is 6.96. The molecule has 51 heavy (non-hydrogen) atoms. The average molecular weight is 669 g/mol. The van der Waals surface area contributed by atoms with Gasteiger partial charge in [0, 0.05) is 22.3 Å². The fourth-order valence-electron chi connectivity index (χ4n) is 7.08. The first-order chi connectivity index (χ1) is 25.3. The summed E-state index contributed by atoms with van der Waals surface area (Å²) in [7, 11) is 0. The van der Waals surface area contributed by atoms with Gasteiger partial charge in [-0.05, 0) is 61.6 Å². The first-order valence-electron chi connectivity index (χ1n) is 17.0. The van der Waals surface area contributed by atoms with Crippen LogP contribution in [0.5, 0.6) is 0 Å². The molecule has 0 unspecified atom stereocenters. The Bertz CT molecular complexity index is 2860. The molecule has 0 bridgehead atoms. The van der Waals surface area contributed by atoms with Crippen molar-refractivity contribution < 1.29 is 0 Å². The van der Waals surface area contributed by atoms with Crippen LogP contribution in [0.1, 0.15) is 0 Å². The highest BCUT2D eigenvalue weighted by Gasteiger charge is 2.18. The van der Waals surface area contributed by atoms with Crippen molar-refractivity contribution in [3.05, 3.63) is 170 Å². The number of hydrogen-bond acceptors (Lipinski definition) is 5. The quantitative estimate of drug-likeness (QED) is 0.171. The van der Waals surface area contributed by atoms with Crippen LogP contribution in [0.25, 0.3) is 98.4 Å². The Morgan fingerprint density at radius 2 is 0.784 bits per heavy atom. The predicted octanol–water partition coefficient (Wildman–Crippen LogP) is 12.3. The van der Waals surface area contributed by atoms with E-state index in [2.05, 4.69) is 133 Å². The molecule has 10 rings (SSSR count). The summed E-state index contributed by atoms with van der Waals surface area (Å²) in [6.45, 7) is 0. The number of nitrogens with zero attached hydrogens (tertiary/aromatic N) is 4. The van der Waals surface area contributed by atoms with Crippen LogP contribution in [0.2, 0.25) is 0 Å². The maximum absolute atomic E-state index is 5.28. The van der Waals surface area contributed by atoms with E-state index >= 15 is 0 Å². The van der Waals surface area contributed by atoms with E-state index in [1.54, 1.807) is 11.3 Å². The summed E-state index contributed by atoms with van der Waals surface area (Å²) in [6.07, 6.45) is 0. The molecule has 10 aromatic rings. The normalized spacial score (nSPS) is 11.5. The molecule has 0 aliphatic carbocycles. The number of para-hydroxylation sites is 1. The highest BCUT2D eigenvalue weighted by Crippen LogP contribution is 2.40. The number of rotatable bonds is 5. The van der Waals surface area contributed by atoms with Crippen molar-refractivity contribution in [3.63, 3.8) is 0 Å². The van der Waals surface area contributed by atoms with E-state index in [0.717, 1.165) is 43.0 Å². The number of fused-ring (bicyclic) bond motifs is 7. The minimum atomic E-state index is 0.601. The van der Waals surface area contributed by atoms with E-state index in [0.29, 0.717) is 17.5 Å². The predicted molar refractivity (Wildman–Crippen MR) is 213 cm³/mol. The Labute approximate surface area is 298 Å². The topological polar surface area (TPSA) is 51.6 Å². The molecule has 238 valence electrons. The summed E-state index contributed by atoms with van der Waals surface area (Å²) in [5.41, 5.74) is 7.04. The van der Waals surface area contributed by atoms with Crippen molar-refractivity contribution in [1.29, 1.82) is 0 Å². The number of thiazole rings is 1. The van der Waals surface area contributed by atoms with Crippen molar-refractivity contribution in [2.75, 3.05) is 0 Å². The van der Waals surface area contributed by atoms with Gasteiger partial charge >= 0.3 is 0 Å². The van der Waals surface area contributed by atoms with Gasteiger partial charge in [-0.2, -0.15) is 0 Å². The Morgan fingerprint density at radius 1 is 0.314 bits per heavy atom. The number of hydrogen-bond donors (Lipinski definition) is 0. The Morgan fingerprint density at radius 3 is 1.43 bits per heavy atom. The molecule has 4 nitrogen and oxygen atoms in total. The van der Waals surface area contributed by atoms with Gasteiger partial charge in [0.2, 0.25) is 0 Å². The van der Waals surface area contributed by atoms with Gasteiger partial charge < -0.3 is 0 Å². The molecule has 0 atom stereocenters. The molecule has 5 heteroatoms. The molecule has 8 aromatic carbocycles. The zero-order valence-electron chi connectivity index (χ0n) is 27.4. The average Bonchev–Trinajstić information content (AvgIpc) is 3.66. The molecular formula is C46H28N4S. The van der Waals surface area contributed by atoms with Gasteiger partial charge in [-0.3, -0.25) is 0 Å². The van der Waals surface area contributed by atoms with Crippen LogP contribution in [-0.4, -0.2) is 19.9 Å². The second kappa shape index (κ2) is 12.1. The van der Waals surface area contributed by atoms with Crippen LogP contribution in [0.4, 0.5) is 0 Å². The largest absolute Gasteiger partial charge is 0.235 e. The van der Waals surface area contributed by atoms with E-state index in [1.165, 1.54) is 37.9 Å². The number of benzene rings is 8. The molecule has 0 fully saturated rings. The highest BCUT2D eigenvalue weighted by atomic mass is 32.1. The molecule has 0 N–H and O–H groups in total. The van der Waals surface area contributed by atoms with Gasteiger partial charge in [0.1, 0.15) is 5.01 Å². The van der Waals surface area contributed by atoms with E-state index in [4.69, 9.17) is 19.9 Å². The lowest BCUT2D eigenvalue weighted by atomic mass is 9.93. The van der Waals surface area contributed by atoms with Gasteiger partial charge in [-0.15, -0.1) is 11.3 Å². The first-order valence-corrected chi connectivity index (χ1v) is 17.8. The number of aromatic nitrogens is 4. The molecule has 0 saturated heterocycles. The smallest absolute Gasteiger partial charge is 0.166 e. The maximum atomic E-state index is 5.28. The van der Waals surface area contributed by atoms with Crippen LogP contribution in [0.15, 0.2) is 170 Å². The molecule has 0 aliphatic heterocycles. The van der Waals surface area contributed by atoms with Gasteiger partial charge in [-0.25, -0.2) is 19.9 Å². The molecule has 0 spiro atoms. The van der Waals surface area contributed by atoms with Crippen molar-refractivity contribution in [3.8, 4) is 55.9 Å².